The highest BCUT2D eigenvalue weighted by atomic mass is 79.9. The molecule has 30 heavy (non-hydrogen) atoms. The average molecular weight is 482 g/mol. The van der Waals surface area contributed by atoms with Crippen molar-refractivity contribution in [2.45, 2.75) is 39.7 Å². The van der Waals surface area contributed by atoms with Crippen LogP contribution in [0.1, 0.15) is 39.2 Å². The van der Waals surface area contributed by atoms with Gasteiger partial charge in [0.05, 0.1) is 36.9 Å². The Morgan fingerprint density at radius 3 is 2.27 bits per heavy atom. The number of carbonyl (C=O) groups is 2. The molecule has 0 spiro atoms. The van der Waals surface area contributed by atoms with E-state index in [1.165, 1.54) is 7.11 Å². The van der Waals surface area contributed by atoms with Crippen molar-refractivity contribution in [2.75, 3.05) is 27.4 Å². The number of ether oxygens (including phenoxy) is 4. The lowest BCUT2D eigenvalue weighted by atomic mass is 9.80. The van der Waals surface area contributed by atoms with Crippen LogP contribution in [0.5, 0.6) is 5.75 Å². The minimum atomic E-state index is -0.722. The molecular weight excluding hydrogens is 454 g/mol. The highest BCUT2D eigenvalue weighted by Crippen LogP contribution is 2.43. The summed E-state index contributed by atoms with van der Waals surface area (Å²) in [5, 5.41) is 3.13. The predicted octanol–water partition coefficient (Wildman–Crippen LogP) is 3.83. The van der Waals surface area contributed by atoms with Gasteiger partial charge in [0.15, 0.2) is 0 Å². The van der Waals surface area contributed by atoms with E-state index in [-0.39, 0.29) is 19.3 Å². The molecule has 8 heteroatoms. The van der Waals surface area contributed by atoms with Gasteiger partial charge in [-0.1, -0.05) is 15.9 Å². The molecule has 2 rings (SSSR count). The molecule has 0 fully saturated rings. The summed E-state index contributed by atoms with van der Waals surface area (Å²) >= 11 is 3.48. The number of carbonyl (C=O) groups excluding carboxylic acids is 2. The van der Waals surface area contributed by atoms with Gasteiger partial charge in [0, 0.05) is 28.5 Å². The Labute approximate surface area is 185 Å². The summed E-state index contributed by atoms with van der Waals surface area (Å²) in [6.07, 6.45) is -0.313. The van der Waals surface area contributed by atoms with Crippen LogP contribution in [-0.2, 0) is 23.8 Å². The molecule has 0 aliphatic carbocycles. The predicted molar refractivity (Wildman–Crippen MR) is 116 cm³/mol. The number of benzene rings is 1. The molecule has 7 nitrogen and oxygen atoms in total. The van der Waals surface area contributed by atoms with Crippen molar-refractivity contribution >= 4 is 27.9 Å². The molecule has 1 N–H and O–H groups in total. The zero-order valence-corrected chi connectivity index (χ0v) is 19.7. The van der Waals surface area contributed by atoms with Gasteiger partial charge in [-0.05, 0) is 45.9 Å². The van der Waals surface area contributed by atoms with Gasteiger partial charge in [-0.2, -0.15) is 0 Å². The first kappa shape index (κ1) is 24.0. The Balaban J connectivity index is 2.65. The van der Waals surface area contributed by atoms with E-state index in [0.29, 0.717) is 33.9 Å². The highest BCUT2D eigenvalue weighted by Gasteiger charge is 2.39. The van der Waals surface area contributed by atoms with E-state index in [1.807, 2.05) is 12.1 Å². The lowest BCUT2D eigenvalue weighted by Crippen LogP contribution is -2.33. The van der Waals surface area contributed by atoms with Gasteiger partial charge in [-0.3, -0.25) is 0 Å². The zero-order chi connectivity index (χ0) is 22.4. The maximum atomic E-state index is 13.1. The molecule has 1 aromatic rings. The van der Waals surface area contributed by atoms with Crippen LogP contribution in [0, 0.1) is 0 Å². The summed E-state index contributed by atoms with van der Waals surface area (Å²) in [6, 6.07) is 5.45. The smallest absolute Gasteiger partial charge is 0.337 e. The van der Waals surface area contributed by atoms with Crippen molar-refractivity contribution in [3.05, 3.63) is 50.8 Å². The number of esters is 2. The van der Waals surface area contributed by atoms with Gasteiger partial charge < -0.3 is 24.3 Å². The number of hydrogen-bond donors (Lipinski definition) is 1. The standard InChI is InChI=1S/C22H28BrNO6/c1-12(2)30-22(26)19-14(4)24-13(3)18(21(25)29-10-9-27-5)20(19)16-11-15(23)7-8-17(16)28-6/h7-8,11-12,20,24H,9-10H2,1-6H3/t20-/m1/s1. The van der Waals surface area contributed by atoms with E-state index >= 15 is 0 Å². The molecule has 0 aromatic heterocycles. The van der Waals surface area contributed by atoms with E-state index in [2.05, 4.69) is 21.2 Å². The summed E-state index contributed by atoms with van der Waals surface area (Å²) in [5.41, 5.74) is 2.52. The fourth-order valence-electron chi connectivity index (χ4n) is 3.35. The third-order valence-corrected chi connectivity index (χ3v) is 5.06. The van der Waals surface area contributed by atoms with Crippen molar-refractivity contribution in [3.63, 3.8) is 0 Å². The summed E-state index contributed by atoms with van der Waals surface area (Å²) < 4.78 is 22.2. The van der Waals surface area contributed by atoms with Gasteiger partial charge in [-0.15, -0.1) is 0 Å². The maximum Gasteiger partial charge on any atom is 0.337 e. The Morgan fingerprint density at radius 2 is 1.70 bits per heavy atom. The molecule has 1 aromatic carbocycles. The summed E-state index contributed by atoms with van der Waals surface area (Å²) in [5.74, 6) is -1.22. The number of dihydropyridines is 1. The van der Waals surface area contributed by atoms with Crippen LogP contribution < -0.4 is 10.1 Å². The van der Waals surface area contributed by atoms with Crippen molar-refractivity contribution in [1.29, 1.82) is 0 Å². The Bertz CT molecular complexity index is 874. The molecular formula is C22H28BrNO6. The number of allylic oxidation sites excluding steroid dienone is 2. The quantitative estimate of drug-likeness (QED) is 0.446. The van der Waals surface area contributed by atoms with Crippen LogP contribution in [0.2, 0.25) is 0 Å². The molecule has 1 aliphatic rings. The van der Waals surface area contributed by atoms with Crippen LogP contribution in [-0.4, -0.2) is 45.5 Å². The summed E-state index contributed by atoms with van der Waals surface area (Å²) in [7, 11) is 3.07. The van der Waals surface area contributed by atoms with Crippen molar-refractivity contribution < 1.29 is 28.5 Å². The van der Waals surface area contributed by atoms with Gasteiger partial charge in [0.25, 0.3) is 0 Å². The zero-order valence-electron chi connectivity index (χ0n) is 18.1. The highest BCUT2D eigenvalue weighted by molar-refractivity contribution is 9.10. The van der Waals surface area contributed by atoms with Gasteiger partial charge in [-0.25, -0.2) is 9.59 Å². The Kier molecular flexibility index (Phi) is 8.49. The van der Waals surface area contributed by atoms with Crippen molar-refractivity contribution in [1.82, 2.24) is 5.32 Å². The van der Waals surface area contributed by atoms with Gasteiger partial charge in [0.2, 0.25) is 0 Å². The van der Waals surface area contributed by atoms with Crippen molar-refractivity contribution in [3.8, 4) is 5.75 Å². The van der Waals surface area contributed by atoms with E-state index in [4.69, 9.17) is 18.9 Å². The van der Waals surface area contributed by atoms with E-state index in [9.17, 15) is 9.59 Å². The van der Waals surface area contributed by atoms with E-state index in [0.717, 1.165) is 4.47 Å². The maximum absolute atomic E-state index is 13.1. The average Bonchev–Trinajstić information content (AvgIpc) is 2.66. The van der Waals surface area contributed by atoms with Gasteiger partial charge >= 0.3 is 11.9 Å². The number of rotatable bonds is 8. The molecule has 0 amide bonds. The molecule has 0 bridgehead atoms. The molecule has 1 aliphatic heterocycles. The van der Waals surface area contributed by atoms with Crippen LogP contribution >= 0.6 is 15.9 Å². The Morgan fingerprint density at radius 1 is 1.07 bits per heavy atom. The first-order valence-electron chi connectivity index (χ1n) is 9.60. The number of hydrogen-bond acceptors (Lipinski definition) is 7. The van der Waals surface area contributed by atoms with Crippen LogP contribution in [0.25, 0.3) is 0 Å². The number of halogens is 1. The molecule has 0 saturated carbocycles. The first-order valence-corrected chi connectivity index (χ1v) is 10.4. The molecule has 164 valence electrons. The first-order chi connectivity index (χ1) is 14.2. The van der Waals surface area contributed by atoms with E-state index in [1.54, 1.807) is 40.9 Å². The van der Waals surface area contributed by atoms with Gasteiger partial charge in [0.1, 0.15) is 12.4 Å². The molecule has 0 saturated heterocycles. The molecule has 1 heterocycles. The second-order valence-electron chi connectivity index (χ2n) is 7.10. The third kappa shape index (κ3) is 5.43. The van der Waals surface area contributed by atoms with Crippen LogP contribution in [0.3, 0.4) is 0 Å². The van der Waals surface area contributed by atoms with Crippen LogP contribution in [0.15, 0.2) is 45.2 Å². The largest absolute Gasteiger partial charge is 0.496 e. The Hall–Kier alpha value is -2.32. The number of methoxy groups -OCH3 is 2. The summed E-state index contributed by atoms with van der Waals surface area (Å²) in [6.45, 7) is 7.49. The third-order valence-electron chi connectivity index (χ3n) is 4.57. The minimum Gasteiger partial charge on any atom is -0.496 e. The lowest BCUT2D eigenvalue weighted by Gasteiger charge is -2.31. The lowest BCUT2D eigenvalue weighted by molar-refractivity contribution is -0.143. The molecule has 0 radical (unpaired) electrons. The number of nitrogens with one attached hydrogen (secondary N) is 1. The van der Waals surface area contributed by atoms with E-state index < -0.39 is 17.9 Å². The summed E-state index contributed by atoms with van der Waals surface area (Å²) in [4.78, 5) is 26.1. The topological polar surface area (TPSA) is 83.1 Å². The fourth-order valence-corrected chi connectivity index (χ4v) is 3.73. The second-order valence-corrected chi connectivity index (χ2v) is 8.02. The second kappa shape index (κ2) is 10.6. The monoisotopic (exact) mass is 481 g/mol. The fraction of sp³-hybridized carbons (Fsp3) is 0.455. The molecule has 0 unspecified atom stereocenters. The molecule has 1 atom stereocenters. The SMILES string of the molecule is COCCOC(=O)C1=C(C)NC(C)=C(C(=O)OC(C)C)[C@@H]1c1cc(Br)ccc1OC. The van der Waals surface area contributed by atoms with Crippen LogP contribution in [0.4, 0.5) is 0 Å². The van der Waals surface area contributed by atoms with Crippen molar-refractivity contribution in [2.24, 2.45) is 0 Å². The minimum absolute atomic E-state index is 0.100. The normalized spacial score (nSPS) is 16.5.